The van der Waals surface area contributed by atoms with Gasteiger partial charge in [-0.05, 0) is 61.0 Å². The van der Waals surface area contributed by atoms with Gasteiger partial charge in [0.15, 0.2) is 0 Å². The highest BCUT2D eigenvalue weighted by atomic mass is 79.9. The summed E-state index contributed by atoms with van der Waals surface area (Å²) in [4.78, 5) is 15.0. The Morgan fingerprint density at radius 1 is 1.09 bits per heavy atom. The van der Waals surface area contributed by atoms with E-state index in [-0.39, 0.29) is 5.69 Å². The smallest absolute Gasteiger partial charge is 0.330 e. The van der Waals surface area contributed by atoms with Crippen LogP contribution >= 0.6 is 15.9 Å². The normalized spacial score (nSPS) is 10.6. The van der Waals surface area contributed by atoms with Crippen molar-refractivity contribution in [2.75, 3.05) is 6.61 Å². The quantitative estimate of drug-likeness (QED) is 0.766. The van der Waals surface area contributed by atoms with E-state index in [1.165, 1.54) is 0 Å². The van der Waals surface area contributed by atoms with Crippen LogP contribution in [-0.2, 0) is 0 Å². The fourth-order valence-electron chi connectivity index (χ4n) is 2.23. The van der Waals surface area contributed by atoms with Gasteiger partial charge in [-0.3, -0.25) is 4.57 Å². The molecule has 0 radical (unpaired) electrons. The van der Waals surface area contributed by atoms with E-state index in [9.17, 15) is 4.79 Å². The first-order valence-electron chi connectivity index (χ1n) is 6.98. The van der Waals surface area contributed by atoms with Crippen molar-refractivity contribution in [3.05, 3.63) is 69.7 Å². The second-order valence-electron chi connectivity index (χ2n) is 4.78. The predicted octanol–water partition coefficient (Wildman–Crippen LogP) is 3.99. The summed E-state index contributed by atoms with van der Waals surface area (Å²) in [5.74, 6) is 0.820. The lowest BCUT2D eigenvalue weighted by Gasteiger charge is -2.03. The molecule has 4 nitrogen and oxygen atoms in total. The number of aromatic amines is 1. The summed E-state index contributed by atoms with van der Waals surface area (Å²) in [6.07, 6.45) is 1.81. The molecule has 3 aromatic rings. The molecule has 0 atom stereocenters. The molecule has 0 fully saturated rings. The molecule has 112 valence electrons. The van der Waals surface area contributed by atoms with Crippen LogP contribution in [0.15, 0.2) is 64.0 Å². The summed E-state index contributed by atoms with van der Waals surface area (Å²) >= 11 is 3.39. The minimum atomic E-state index is -0.161. The zero-order valence-corrected chi connectivity index (χ0v) is 13.6. The average Bonchev–Trinajstić information content (AvgIpc) is 2.91. The van der Waals surface area contributed by atoms with Crippen LogP contribution in [-0.4, -0.2) is 16.2 Å². The van der Waals surface area contributed by atoms with Crippen LogP contribution in [0.1, 0.15) is 6.92 Å². The SMILES string of the molecule is CCOc1ccc(-c2cn(-c3ccc(Br)cc3)c(=O)[nH]2)cc1. The van der Waals surface area contributed by atoms with E-state index in [4.69, 9.17) is 4.74 Å². The lowest BCUT2D eigenvalue weighted by molar-refractivity contribution is 0.340. The van der Waals surface area contributed by atoms with Gasteiger partial charge in [0, 0.05) is 10.7 Å². The van der Waals surface area contributed by atoms with Crippen LogP contribution in [0.3, 0.4) is 0 Å². The van der Waals surface area contributed by atoms with Crippen molar-refractivity contribution >= 4 is 15.9 Å². The number of imidazole rings is 1. The molecule has 1 aromatic heterocycles. The highest BCUT2D eigenvalue weighted by molar-refractivity contribution is 9.10. The molecule has 0 amide bonds. The van der Waals surface area contributed by atoms with Crippen molar-refractivity contribution in [3.63, 3.8) is 0 Å². The summed E-state index contributed by atoms with van der Waals surface area (Å²) in [6, 6.07) is 15.3. The summed E-state index contributed by atoms with van der Waals surface area (Å²) in [5, 5.41) is 0. The number of benzene rings is 2. The molecule has 0 aliphatic heterocycles. The van der Waals surface area contributed by atoms with Crippen LogP contribution in [0.4, 0.5) is 0 Å². The van der Waals surface area contributed by atoms with Gasteiger partial charge < -0.3 is 9.72 Å². The maximum atomic E-state index is 12.1. The van der Waals surface area contributed by atoms with Crippen molar-refractivity contribution in [3.8, 4) is 22.7 Å². The van der Waals surface area contributed by atoms with E-state index in [1.807, 2.05) is 55.5 Å². The standard InChI is InChI=1S/C17H15BrN2O2/c1-2-22-15-9-3-12(4-10-15)16-11-20(17(21)19-16)14-7-5-13(18)6-8-14/h3-11H,2H2,1H3,(H,19,21). The first-order valence-corrected chi connectivity index (χ1v) is 7.77. The van der Waals surface area contributed by atoms with Crippen LogP contribution in [0, 0.1) is 0 Å². The maximum Gasteiger partial charge on any atom is 0.330 e. The molecule has 0 unspecified atom stereocenters. The Kier molecular flexibility index (Phi) is 4.15. The minimum Gasteiger partial charge on any atom is -0.494 e. The van der Waals surface area contributed by atoms with E-state index >= 15 is 0 Å². The van der Waals surface area contributed by atoms with Crippen molar-refractivity contribution < 1.29 is 4.74 Å². The molecule has 0 aliphatic carbocycles. The number of ether oxygens (including phenoxy) is 1. The van der Waals surface area contributed by atoms with Gasteiger partial charge in [0.25, 0.3) is 0 Å². The zero-order valence-electron chi connectivity index (χ0n) is 12.0. The Morgan fingerprint density at radius 3 is 2.41 bits per heavy atom. The average molecular weight is 359 g/mol. The number of H-pyrrole nitrogens is 1. The summed E-state index contributed by atoms with van der Waals surface area (Å²) in [7, 11) is 0. The van der Waals surface area contributed by atoms with Crippen LogP contribution in [0.2, 0.25) is 0 Å². The summed E-state index contributed by atoms with van der Waals surface area (Å²) in [5.41, 5.74) is 2.38. The molecule has 2 aromatic carbocycles. The Bertz CT molecular complexity index is 817. The molecule has 0 aliphatic rings. The molecule has 3 rings (SSSR count). The van der Waals surface area contributed by atoms with Crippen molar-refractivity contribution in [2.45, 2.75) is 6.92 Å². The molecule has 22 heavy (non-hydrogen) atoms. The summed E-state index contributed by atoms with van der Waals surface area (Å²) < 4.78 is 8.00. The minimum absolute atomic E-state index is 0.161. The van der Waals surface area contributed by atoms with Gasteiger partial charge in [-0.1, -0.05) is 15.9 Å². The van der Waals surface area contributed by atoms with Crippen molar-refractivity contribution in [1.29, 1.82) is 0 Å². The Labute approximate surface area is 136 Å². The second-order valence-corrected chi connectivity index (χ2v) is 5.69. The largest absolute Gasteiger partial charge is 0.494 e. The van der Waals surface area contributed by atoms with Crippen LogP contribution < -0.4 is 10.4 Å². The first kappa shape index (κ1) is 14.7. The number of aromatic nitrogens is 2. The number of nitrogens with zero attached hydrogens (tertiary/aromatic N) is 1. The van der Waals surface area contributed by atoms with Crippen LogP contribution in [0.25, 0.3) is 16.9 Å². The number of halogens is 1. The van der Waals surface area contributed by atoms with E-state index in [2.05, 4.69) is 20.9 Å². The molecular formula is C17H15BrN2O2. The molecule has 0 saturated heterocycles. The van der Waals surface area contributed by atoms with Crippen molar-refractivity contribution in [2.24, 2.45) is 0 Å². The first-order chi connectivity index (χ1) is 10.7. The maximum absolute atomic E-state index is 12.1. The van der Waals surface area contributed by atoms with Crippen LogP contribution in [0.5, 0.6) is 5.75 Å². The van der Waals surface area contributed by atoms with Gasteiger partial charge in [0.1, 0.15) is 5.75 Å². The monoisotopic (exact) mass is 358 g/mol. The molecule has 0 spiro atoms. The molecule has 0 saturated carbocycles. The Balaban J connectivity index is 1.94. The van der Waals surface area contributed by atoms with Crippen molar-refractivity contribution in [1.82, 2.24) is 9.55 Å². The fourth-order valence-corrected chi connectivity index (χ4v) is 2.50. The summed E-state index contributed by atoms with van der Waals surface area (Å²) in [6.45, 7) is 2.58. The van der Waals surface area contributed by atoms with Gasteiger partial charge in [-0.2, -0.15) is 0 Å². The highest BCUT2D eigenvalue weighted by Crippen LogP contribution is 2.21. The van der Waals surface area contributed by atoms with E-state index in [0.717, 1.165) is 27.2 Å². The second kappa shape index (κ2) is 6.23. The Morgan fingerprint density at radius 2 is 1.77 bits per heavy atom. The number of rotatable bonds is 4. The van der Waals surface area contributed by atoms with Gasteiger partial charge in [-0.25, -0.2) is 4.79 Å². The van der Waals surface area contributed by atoms with Gasteiger partial charge >= 0.3 is 5.69 Å². The lowest BCUT2D eigenvalue weighted by Crippen LogP contribution is -2.13. The van der Waals surface area contributed by atoms with E-state index in [0.29, 0.717) is 6.61 Å². The zero-order chi connectivity index (χ0) is 15.5. The molecule has 0 bridgehead atoms. The molecule has 1 heterocycles. The third kappa shape index (κ3) is 2.99. The molecule has 1 N–H and O–H groups in total. The lowest BCUT2D eigenvalue weighted by atomic mass is 10.1. The predicted molar refractivity (Wildman–Crippen MR) is 90.7 cm³/mol. The van der Waals surface area contributed by atoms with E-state index < -0.39 is 0 Å². The third-order valence-corrected chi connectivity index (χ3v) is 3.83. The number of nitrogens with one attached hydrogen (secondary N) is 1. The van der Waals surface area contributed by atoms with E-state index in [1.54, 1.807) is 10.8 Å². The number of hydrogen-bond acceptors (Lipinski definition) is 2. The molecular weight excluding hydrogens is 344 g/mol. The van der Waals surface area contributed by atoms with Gasteiger partial charge in [0.05, 0.1) is 18.0 Å². The molecule has 5 heteroatoms. The van der Waals surface area contributed by atoms with Gasteiger partial charge in [0.2, 0.25) is 0 Å². The third-order valence-electron chi connectivity index (χ3n) is 3.30. The fraction of sp³-hybridized carbons (Fsp3) is 0.118. The Hall–Kier alpha value is -2.27. The topological polar surface area (TPSA) is 47.0 Å². The van der Waals surface area contributed by atoms with Gasteiger partial charge in [-0.15, -0.1) is 0 Å². The number of hydrogen-bond donors (Lipinski definition) is 1. The highest BCUT2D eigenvalue weighted by Gasteiger charge is 2.07.